The molecule has 1 atom stereocenters. The van der Waals surface area contributed by atoms with Crippen molar-refractivity contribution in [2.45, 2.75) is 19.8 Å². The maximum absolute atomic E-state index is 11.4. The first-order chi connectivity index (χ1) is 6.27. The molecule has 1 unspecified atom stereocenters. The number of carbonyl (C=O) groups is 1. The summed E-state index contributed by atoms with van der Waals surface area (Å²) in [7, 11) is 1.71. The van der Waals surface area contributed by atoms with Gasteiger partial charge in [0, 0.05) is 39.1 Å². The van der Waals surface area contributed by atoms with E-state index in [1.54, 1.807) is 7.11 Å². The zero-order valence-corrected chi connectivity index (χ0v) is 8.58. The van der Waals surface area contributed by atoms with Crippen LogP contribution in [-0.2, 0) is 9.53 Å². The van der Waals surface area contributed by atoms with E-state index < -0.39 is 0 Å². The number of carbonyl (C=O) groups excluding carboxylic acids is 1. The molecule has 1 heterocycles. The zero-order valence-electron chi connectivity index (χ0n) is 8.58. The smallest absolute Gasteiger partial charge is 0.138 e. The van der Waals surface area contributed by atoms with Gasteiger partial charge in [-0.1, -0.05) is 6.92 Å². The summed E-state index contributed by atoms with van der Waals surface area (Å²) in [4.78, 5) is 13.7. The first-order valence-corrected chi connectivity index (χ1v) is 5.02. The Hall–Kier alpha value is -0.410. The predicted octanol–water partition coefficient (Wildman–Crippen LogP) is 0.934. The number of ether oxygens (including phenoxy) is 1. The zero-order chi connectivity index (χ0) is 9.68. The van der Waals surface area contributed by atoms with Crippen LogP contribution in [0.25, 0.3) is 0 Å². The minimum absolute atomic E-state index is 0.269. The summed E-state index contributed by atoms with van der Waals surface area (Å²) in [6.45, 7) is 5.66. The van der Waals surface area contributed by atoms with Crippen LogP contribution in [-0.4, -0.2) is 44.0 Å². The molecule has 0 aromatic carbocycles. The van der Waals surface area contributed by atoms with E-state index in [1.807, 2.05) is 0 Å². The van der Waals surface area contributed by atoms with Crippen LogP contribution >= 0.6 is 0 Å². The SMILES string of the molecule is CCC1CN(CCOC)CCC1=O. The molecule has 0 aromatic heterocycles. The highest BCUT2D eigenvalue weighted by atomic mass is 16.5. The van der Waals surface area contributed by atoms with Crippen molar-refractivity contribution in [3.8, 4) is 0 Å². The molecule has 0 amide bonds. The fourth-order valence-corrected chi connectivity index (χ4v) is 1.76. The largest absolute Gasteiger partial charge is 0.383 e. The minimum Gasteiger partial charge on any atom is -0.383 e. The number of ketones is 1. The van der Waals surface area contributed by atoms with Gasteiger partial charge in [-0.25, -0.2) is 0 Å². The molecule has 1 aliphatic rings. The molecule has 0 saturated carbocycles. The summed E-state index contributed by atoms with van der Waals surface area (Å²) in [5, 5.41) is 0. The fraction of sp³-hybridized carbons (Fsp3) is 0.900. The average Bonchev–Trinajstić information content (AvgIpc) is 2.16. The molecule has 3 nitrogen and oxygen atoms in total. The number of rotatable bonds is 4. The van der Waals surface area contributed by atoms with Crippen LogP contribution < -0.4 is 0 Å². The van der Waals surface area contributed by atoms with Crippen LogP contribution in [0.3, 0.4) is 0 Å². The first kappa shape index (κ1) is 10.7. The van der Waals surface area contributed by atoms with E-state index >= 15 is 0 Å². The van der Waals surface area contributed by atoms with Gasteiger partial charge in [0.2, 0.25) is 0 Å². The van der Waals surface area contributed by atoms with Gasteiger partial charge >= 0.3 is 0 Å². The molecular weight excluding hydrogens is 166 g/mol. The molecule has 0 aliphatic carbocycles. The predicted molar refractivity (Wildman–Crippen MR) is 51.7 cm³/mol. The van der Waals surface area contributed by atoms with Crippen molar-refractivity contribution in [1.29, 1.82) is 0 Å². The van der Waals surface area contributed by atoms with Gasteiger partial charge in [-0.2, -0.15) is 0 Å². The average molecular weight is 185 g/mol. The van der Waals surface area contributed by atoms with E-state index in [0.717, 1.165) is 39.1 Å². The number of Topliss-reactive ketones (excluding diaryl/α,β-unsaturated/α-hetero) is 1. The second kappa shape index (κ2) is 5.35. The van der Waals surface area contributed by atoms with Gasteiger partial charge in [-0.05, 0) is 6.42 Å². The molecule has 1 saturated heterocycles. The van der Waals surface area contributed by atoms with E-state index in [0.29, 0.717) is 5.78 Å². The summed E-state index contributed by atoms with van der Waals surface area (Å²) < 4.78 is 5.01. The van der Waals surface area contributed by atoms with Gasteiger partial charge in [0.15, 0.2) is 0 Å². The molecular formula is C10H19NO2. The second-order valence-electron chi connectivity index (χ2n) is 3.61. The normalized spacial score (nSPS) is 25.1. The maximum Gasteiger partial charge on any atom is 0.138 e. The van der Waals surface area contributed by atoms with E-state index in [2.05, 4.69) is 11.8 Å². The Morgan fingerprint density at radius 2 is 2.38 bits per heavy atom. The van der Waals surface area contributed by atoms with Crippen LogP contribution in [0.15, 0.2) is 0 Å². The lowest BCUT2D eigenvalue weighted by atomic mass is 9.94. The third kappa shape index (κ3) is 3.08. The molecule has 0 N–H and O–H groups in total. The lowest BCUT2D eigenvalue weighted by molar-refractivity contribution is -0.126. The molecule has 0 radical (unpaired) electrons. The summed E-state index contributed by atoms with van der Waals surface area (Å²) in [6, 6.07) is 0. The van der Waals surface area contributed by atoms with Gasteiger partial charge in [0.25, 0.3) is 0 Å². The van der Waals surface area contributed by atoms with Crippen LogP contribution in [0, 0.1) is 5.92 Å². The standard InChI is InChI=1S/C10H19NO2/c1-3-9-8-11(6-7-13-2)5-4-10(9)12/h9H,3-8H2,1-2H3. The maximum atomic E-state index is 11.4. The molecule has 1 aliphatic heterocycles. The number of hydrogen-bond acceptors (Lipinski definition) is 3. The van der Waals surface area contributed by atoms with Crippen LogP contribution in [0.4, 0.5) is 0 Å². The van der Waals surface area contributed by atoms with Gasteiger partial charge in [-0.15, -0.1) is 0 Å². The summed E-state index contributed by atoms with van der Waals surface area (Å²) in [6.07, 6.45) is 1.70. The third-order valence-corrected chi connectivity index (χ3v) is 2.71. The number of nitrogens with zero attached hydrogens (tertiary/aromatic N) is 1. The fourth-order valence-electron chi connectivity index (χ4n) is 1.76. The Balaban J connectivity index is 2.31. The highest BCUT2D eigenvalue weighted by molar-refractivity contribution is 5.82. The lowest BCUT2D eigenvalue weighted by Crippen LogP contribution is -2.41. The van der Waals surface area contributed by atoms with Crippen LogP contribution in [0.2, 0.25) is 0 Å². The van der Waals surface area contributed by atoms with Crippen LogP contribution in [0.1, 0.15) is 19.8 Å². The summed E-state index contributed by atoms with van der Waals surface area (Å²) in [5.41, 5.74) is 0. The number of piperidine rings is 1. The number of methoxy groups -OCH3 is 1. The van der Waals surface area contributed by atoms with Crippen molar-refractivity contribution in [2.24, 2.45) is 5.92 Å². The lowest BCUT2D eigenvalue weighted by Gasteiger charge is -2.30. The highest BCUT2D eigenvalue weighted by Crippen LogP contribution is 2.15. The van der Waals surface area contributed by atoms with E-state index in [4.69, 9.17) is 4.74 Å². The summed E-state index contributed by atoms with van der Waals surface area (Å²) in [5.74, 6) is 0.710. The minimum atomic E-state index is 0.269. The Bertz CT molecular complexity index is 170. The third-order valence-electron chi connectivity index (χ3n) is 2.71. The first-order valence-electron chi connectivity index (χ1n) is 5.02. The Morgan fingerprint density at radius 3 is 3.00 bits per heavy atom. The Kier molecular flexibility index (Phi) is 4.39. The van der Waals surface area contributed by atoms with Crippen molar-refractivity contribution >= 4 is 5.78 Å². The van der Waals surface area contributed by atoms with E-state index in [9.17, 15) is 4.79 Å². The number of likely N-dealkylation sites (tertiary alicyclic amines) is 1. The van der Waals surface area contributed by atoms with Gasteiger partial charge < -0.3 is 4.74 Å². The Morgan fingerprint density at radius 1 is 1.62 bits per heavy atom. The van der Waals surface area contributed by atoms with Gasteiger partial charge in [-0.3, -0.25) is 9.69 Å². The van der Waals surface area contributed by atoms with E-state index in [1.165, 1.54) is 0 Å². The summed E-state index contributed by atoms with van der Waals surface area (Å²) >= 11 is 0. The molecule has 1 rings (SSSR count). The quantitative estimate of drug-likeness (QED) is 0.652. The second-order valence-corrected chi connectivity index (χ2v) is 3.61. The van der Waals surface area contributed by atoms with Crippen molar-refractivity contribution in [3.05, 3.63) is 0 Å². The van der Waals surface area contributed by atoms with Gasteiger partial charge in [0.05, 0.1) is 6.61 Å². The molecule has 76 valence electrons. The van der Waals surface area contributed by atoms with Crippen molar-refractivity contribution < 1.29 is 9.53 Å². The molecule has 0 spiro atoms. The topological polar surface area (TPSA) is 29.5 Å². The molecule has 0 bridgehead atoms. The highest BCUT2D eigenvalue weighted by Gasteiger charge is 2.24. The molecule has 1 fully saturated rings. The van der Waals surface area contributed by atoms with Crippen molar-refractivity contribution in [1.82, 2.24) is 4.90 Å². The molecule has 0 aromatic rings. The van der Waals surface area contributed by atoms with Crippen molar-refractivity contribution in [3.63, 3.8) is 0 Å². The van der Waals surface area contributed by atoms with Crippen molar-refractivity contribution in [2.75, 3.05) is 33.4 Å². The number of hydrogen-bond donors (Lipinski definition) is 0. The molecule has 3 heteroatoms. The monoisotopic (exact) mass is 185 g/mol. The van der Waals surface area contributed by atoms with Gasteiger partial charge in [0.1, 0.15) is 5.78 Å². The van der Waals surface area contributed by atoms with Crippen LogP contribution in [0.5, 0.6) is 0 Å². The van der Waals surface area contributed by atoms with E-state index in [-0.39, 0.29) is 5.92 Å². The Labute approximate surface area is 80.1 Å². The molecule has 13 heavy (non-hydrogen) atoms.